The third-order valence-electron chi connectivity index (χ3n) is 2.93. The number of benzene rings is 1. The van der Waals surface area contributed by atoms with Crippen molar-refractivity contribution in [2.45, 2.75) is 17.7 Å². The van der Waals surface area contributed by atoms with E-state index >= 15 is 0 Å². The highest BCUT2D eigenvalue weighted by Crippen LogP contribution is 2.33. The van der Waals surface area contributed by atoms with Gasteiger partial charge >= 0.3 is 0 Å². The molecule has 0 aromatic heterocycles. The van der Waals surface area contributed by atoms with Gasteiger partial charge in [0.2, 0.25) is 0 Å². The van der Waals surface area contributed by atoms with Crippen LogP contribution in [0.5, 0.6) is 0 Å². The molecule has 0 bridgehead atoms. The van der Waals surface area contributed by atoms with Gasteiger partial charge in [-0.25, -0.2) is 0 Å². The van der Waals surface area contributed by atoms with Crippen LogP contribution in [0.15, 0.2) is 35.2 Å². The zero-order valence-corrected chi connectivity index (χ0v) is 10.0. The van der Waals surface area contributed by atoms with Gasteiger partial charge in [-0.05, 0) is 30.7 Å². The van der Waals surface area contributed by atoms with E-state index in [4.69, 9.17) is 4.74 Å². The zero-order valence-electron chi connectivity index (χ0n) is 9.19. The molecule has 1 aromatic rings. The summed E-state index contributed by atoms with van der Waals surface area (Å²) in [4.78, 5) is 1.27. The highest BCUT2D eigenvalue weighted by Gasteiger charge is 2.34. The number of rotatable bonds is 4. The van der Waals surface area contributed by atoms with E-state index in [1.54, 1.807) is 0 Å². The molecule has 1 aliphatic rings. The van der Waals surface area contributed by atoms with Crippen LogP contribution in [-0.4, -0.2) is 19.0 Å². The molecule has 1 fully saturated rings. The second kappa shape index (κ2) is 5.38. The van der Waals surface area contributed by atoms with Crippen molar-refractivity contribution >= 4 is 11.8 Å². The Labute approximate surface area is 101 Å². The van der Waals surface area contributed by atoms with Crippen LogP contribution < -0.4 is 0 Å². The van der Waals surface area contributed by atoms with Gasteiger partial charge in [-0.2, -0.15) is 5.26 Å². The van der Waals surface area contributed by atoms with E-state index in [1.807, 2.05) is 30.0 Å². The number of hydrogen-bond acceptors (Lipinski definition) is 3. The summed E-state index contributed by atoms with van der Waals surface area (Å²) >= 11 is 1.81. The second-order valence-electron chi connectivity index (χ2n) is 4.11. The minimum Gasteiger partial charge on any atom is -0.380 e. The molecule has 2 rings (SSSR count). The molecule has 84 valence electrons. The lowest BCUT2D eigenvalue weighted by atomic mass is 9.86. The third kappa shape index (κ3) is 2.78. The largest absolute Gasteiger partial charge is 0.380 e. The Morgan fingerprint density at radius 1 is 1.38 bits per heavy atom. The number of ether oxygens (including phenoxy) is 1. The molecule has 1 saturated heterocycles. The van der Waals surface area contributed by atoms with Crippen LogP contribution in [0.2, 0.25) is 0 Å². The SMILES string of the molecule is N#CC1(CCSc2ccccc2)CCOC1. The molecule has 0 amide bonds. The van der Waals surface area contributed by atoms with Gasteiger partial charge in [0.25, 0.3) is 0 Å². The molecule has 0 saturated carbocycles. The van der Waals surface area contributed by atoms with Crippen LogP contribution in [-0.2, 0) is 4.74 Å². The molecule has 0 radical (unpaired) electrons. The maximum absolute atomic E-state index is 9.17. The Bertz CT molecular complexity index is 365. The summed E-state index contributed by atoms with van der Waals surface area (Å²) < 4.78 is 5.32. The van der Waals surface area contributed by atoms with E-state index in [2.05, 4.69) is 18.2 Å². The van der Waals surface area contributed by atoms with Crippen LogP contribution in [0, 0.1) is 16.7 Å². The zero-order chi connectivity index (χ0) is 11.3. The molecular weight excluding hydrogens is 218 g/mol. The molecular formula is C13H15NOS. The molecule has 1 atom stereocenters. The fourth-order valence-electron chi connectivity index (χ4n) is 1.83. The first-order chi connectivity index (χ1) is 7.85. The molecule has 1 aliphatic heterocycles. The minimum atomic E-state index is -0.220. The van der Waals surface area contributed by atoms with Crippen molar-refractivity contribution in [3.63, 3.8) is 0 Å². The van der Waals surface area contributed by atoms with Gasteiger partial charge in [0, 0.05) is 11.5 Å². The van der Waals surface area contributed by atoms with E-state index < -0.39 is 0 Å². The van der Waals surface area contributed by atoms with E-state index in [1.165, 1.54) is 4.90 Å². The molecule has 2 nitrogen and oxygen atoms in total. The van der Waals surface area contributed by atoms with Crippen molar-refractivity contribution < 1.29 is 4.74 Å². The van der Waals surface area contributed by atoms with Crippen LogP contribution in [0.3, 0.4) is 0 Å². The summed E-state index contributed by atoms with van der Waals surface area (Å²) in [6.45, 7) is 1.35. The van der Waals surface area contributed by atoms with Gasteiger partial charge in [-0.1, -0.05) is 18.2 Å². The number of thioether (sulfide) groups is 1. The van der Waals surface area contributed by atoms with Crippen molar-refractivity contribution in [3.8, 4) is 6.07 Å². The normalized spacial score (nSPS) is 24.2. The van der Waals surface area contributed by atoms with Crippen LogP contribution in [0.4, 0.5) is 0 Å². The first-order valence-electron chi connectivity index (χ1n) is 5.52. The first kappa shape index (κ1) is 11.5. The first-order valence-corrected chi connectivity index (χ1v) is 6.50. The fraction of sp³-hybridized carbons (Fsp3) is 0.462. The third-order valence-corrected chi connectivity index (χ3v) is 3.95. The predicted octanol–water partition coefficient (Wildman–Crippen LogP) is 3.10. The van der Waals surface area contributed by atoms with Crippen molar-refractivity contribution in [2.24, 2.45) is 5.41 Å². The summed E-state index contributed by atoms with van der Waals surface area (Å²) in [7, 11) is 0. The molecule has 0 aliphatic carbocycles. The van der Waals surface area contributed by atoms with Crippen molar-refractivity contribution in [3.05, 3.63) is 30.3 Å². The lowest BCUT2D eigenvalue weighted by molar-refractivity contribution is 0.171. The molecule has 0 N–H and O–H groups in total. The quantitative estimate of drug-likeness (QED) is 0.749. The molecule has 16 heavy (non-hydrogen) atoms. The van der Waals surface area contributed by atoms with Crippen molar-refractivity contribution in [1.29, 1.82) is 5.26 Å². The summed E-state index contributed by atoms with van der Waals surface area (Å²) in [5.41, 5.74) is -0.220. The molecule has 1 unspecified atom stereocenters. The van der Waals surface area contributed by atoms with E-state index in [-0.39, 0.29) is 5.41 Å². The standard InChI is InChI=1S/C13H15NOS/c14-10-13(6-8-15-11-13)7-9-16-12-4-2-1-3-5-12/h1-5H,6-9,11H2. The number of nitriles is 1. The van der Waals surface area contributed by atoms with Gasteiger partial charge in [-0.3, -0.25) is 0 Å². The summed E-state index contributed by atoms with van der Waals surface area (Å²) in [5, 5.41) is 9.17. The Morgan fingerprint density at radius 2 is 2.19 bits per heavy atom. The molecule has 1 heterocycles. The Morgan fingerprint density at radius 3 is 2.81 bits per heavy atom. The van der Waals surface area contributed by atoms with Crippen LogP contribution in [0.25, 0.3) is 0 Å². The Balaban J connectivity index is 1.82. The lowest BCUT2D eigenvalue weighted by Gasteiger charge is -2.17. The number of hydrogen-bond donors (Lipinski definition) is 0. The monoisotopic (exact) mass is 233 g/mol. The average molecular weight is 233 g/mol. The summed E-state index contributed by atoms with van der Waals surface area (Å²) in [6.07, 6.45) is 1.81. The van der Waals surface area contributed by atoms with Crippen LogP contribution >= 0.6 is 11.8 Å². The second-order valence-corrected chi connectivity index (χ2v) is 5.27. The van der Waals surface area contributed by atoms with Gasteiger partial charge < -0.3 is 4.74 Å². The Kier molecular flexibility index (Phi) is 3.87. The van der Waals surface area contributed by atoms with E-state index in [0.29, 0.717) is 6.61 Å². The predicted molar refractivity (Wildman–Crippen MR) is 65.3 cm³/mol. The highest BCUT2D eigenvalue weighted by atomic mass is 32.2. The fourth-order valence-corrected chi connectivity index (χ4v) is 2.91. The van der Waals surface area contributed by atoms with E-state index in [0.717, 1.165) is 25.2 Å². The molecule has 0 spiro atoms. The van der Waals surface area contributed by atoms with Gasteiger partial charge in [-0.15, -0.1) is 11.8 Å². The van der Waals surface area contributed by atoms with Gasteiger partial charge in [0.1, 0.15) is 0 Å². The summed E-state index contributed by atoms with van der Waals surface area (Å²) in [5.74, 6) is 0.987. The Hall–Kier alpha value is -0.980. The molecule has 3 heteroatoms. The smallest absolute Gasteiger partial charge is 0.0836 e. The maximum atomic E-state index is 9.17. The number of nitrogens with zero attached hydrogens (tertiary/aromatic N) is 1. The van der Waals surface area contributed by atoms with E-state index in [9.17, 15) is 5.26 Å². The topological polar surface area (TPSA) is 33.0 Å². The maximum Gasteiger partial charge on any atom is 0.0836 e. The molecule has 1 aromatic carbocycles. The van der Waals surface area contributed by atoms with Crippen molar-refractivity contribution in [2.75, 3.05) is 19.0 Å². The van der Waals surface area contributed by atoms with Crippen molar-refractivity contribution in [1.82, 2.24) is 0 Å². The van der Waals surface area contributed by atoms with Gasteiger partial charge in [0.05, 0.1) is 18.1 Å². The summed E-state index contributed by atoms with van der Waals surface area (Å²) in [6, 6.07) is 12.7. The van der Waals surface area contributed by atoms with Crippen LogP contribution in [0.1, 0.15) is 12.8 Å². The average Bonchev–Trinajstić information content (AvgIpc) is 2.80. The minimum absolute atomic E-state index is 0.220. The van der Waals surface area contributed by atoms with Gasteiger partial charge in [0.15, 0.2) is 0 Å². The lowest BCUT2D eigenvalue weighted by Crippen LogP contribution is -2.19. The highest BCUT2D eigenvalue weighted by molar-refractivity contribution is 7.99.